The van der Waals surface area contributed by atoms with Gasteiger partial charge in [0.25, 0.3) is 0 Å². The van der Waals surface area contributed by atoms with Gasteiger partial charge in [-0.15, -0.1) is 0 Å². The molecular formula is C7H8O5. The van der Waals surface area contributed by atoms with Crippen molar-refractivity contribution in [2.45, 2.75) is 6.10 Å². The van der Waals surface area contributed by atoms with Gasteiger partial charge in [0.05, 0.1) is 7.11 Å². The molecule has 1 atom stereocenters. The van der Waals surface area contributed by atoms with Gasteiger partial charge in [0, 0.05) is 6.08 Å². The minimum Gasteiger partial charge on any atom is -0.466 e. The number of hydrogen-bond donors (Lipinski definition) is 0. The van der Waals surface area contributed by atoms with Gasteiger partial charge < -0.3 is 14.2 Å². The van der Waals surface area contributed by atoms with Crippen LogP contribution in [-0.2, 0) is 19.0 Å². The Morgan fingerprint density at radius 3 is 3.00 bits per heavy atom. The molecule has 0 unspecified atom stereocenters. The average Bonchev–Trinajstić information content (AvgIpc) is 2.47. The third-order valence-electron chi connectivity index (χ3n) is 1.26. The summed E-state index contributed by atoms with van der Waals surface area (Å²) in [5.41, 5.74) is 0. The summed E-state index contributed by atoms with van der Waals surface area (Å²) in [6.07, 6.45) is 1.41. The average molecular weight is 172 g/mol. The second-order valence-corrected chi connectivity index (χ2v) is 2.10. The number of cyclic esters (lactones) is 2. The molecule has 0 N–H and O–H groups in total. The van der Waals surface area contributed by atoms with Gasteiger partial charge in [-0.1, -0.05) is 0 Å². The first kappa shape index (κ1) is 8.58. The van der Waals surface area contributed by atoms with Crippen LogP contribution < -0.4 is 0 Å². The number of carbonyl (C=O) groups excluding carboxylic acids is 2. The Morgan fingerprint density at radius 1 is 1.75 bits per heavy atom. The largest absolute Gasteiger partial charge is 0.509 e. The highest BCUT2D eigenvalue weighted by molar-refractivity contribution is 5.81. The predicted molar refractivity (Wildman–Crippen MR) is 37.4 cm³/mol. The van der Waals surface area contributed by atoms with Crippen molar-refractivity contribution in [2.75, 3.05) is 13.7 Å². The maximum absolute atomic E-state index is 10.6. The van der Waals surface area contributed by atoms with E-state index >= 15 is 0 Å². The van der Waals surface area contributed by atoms with Crippen LogP contribution >= 0.6 is 0 Å². The molecule has 0 aliphatic carbocycles. The van der Waals surface area contributed by atoms with E-state index in [0.29, 0.717) is 0 Å². The molecule has 0 spiro atoms. The second-order valence-electron chi connectivity index (χ2n) is 2.10. The van der Waals surface area contributed by atoms with E-state index < -0.39 is 18.2 Å². The van der Waals surface area contributed by atoms with Gasteiger partial charge >= 0.3 is 12.1 Å². The molecule has 0 aromatic heterocycles. The third kappa shape index (κ3) is 2.26. The van der Waals surface area contributed by atoms with Gasteiger partial charge in [-0.25, -0.2) is 9.59 Å². The van der Waals surface area contributed by atoms with Crippen molar-refractivity contribution in [2.24, 2.45) is 0 Å². The van der Waals surface area contributed by atoms with Crippen LogP contribution in [0.1, 0.15) is 0 Å². The van der Waals surface area contributed by atoms with E-state index in [1.54, 1.807) is 0 Å². The highest BCUT2D eigenvalue weighted by Crippen LogP contribution is 2.06. The zero-order valence-corrected chi connectivity index (χ0v) is 6.48. The molecule has 1 aliphatic rings. The topological polar surface area (TPSA) is 61.8 Å². The smallest absolute Gasteiger partial charge is 0.466 e. The van der Waals surface area contributed by atoms with Gasteiger partial charge in [0.15, 0.2) is 6.10 Å². The molecule has 5 nitrogen and oxygen atoms in total. The summed E-state index contributed by atoms with van der Waals surface area (Å²) in [5.74, 6) is -0.488. The van der Waals surface area contributed by atoms with Crippen molar-refractivity contribution in [3.8, 4) is 0 Å². The number of methoxy groups -OCH3 is 1. The molecule has 0 aromatic rings. The van der Waals surface area contributed by atoms with Crippen LogP contribution in [0.25, 0.3) is 0 Å². The number of hydrogen-bond acceptors (Lipinski definition) is 5. The van der Waals surface area contributed by atoms with Gasteiger partial charge in [-0.2, -0.15) is 0 Å². The second kappa shape index (κ2) is 3.75. The maximum Gasteiger partial charge on any atom is 0.509 e. The summed E-state index contributed by atoms with van der Waals surface area (Å²) in [5, 5.41) is 0. The van der Waals surface area contributed by atoms with E-state index in [0.717, 1.165) is 0 Å². The van der Waals surface area contributed by atoms with Gasteiger partial charge in [-0.3, -0.25) is 0 Å². The molecule has 5 heteroatoms. The first-order valence-corrected chi connectivity index (χ1v) is 3.32. The normalized spacial score (nSPS) is 22.1. The van der Waals surface area contributed by atoms with Crippen LogP contribution in [0.2, 0.25) is 0 Å². The van der Waals surface area contributed by atoms with Crippen molar-refractivity contribution < 1.29 is 23.8 Å². The van der Waals surface area contributed by atoms with E-state index in [9.17, 15) is 9.59 Å². The molecule has 0 amide bonds. The fraction of sp³-hybridized carbons (Fsp3) is 0.429. The van der Waals surface area contributed by atoms with Crippen LogP contribution in [0.4, 0.5) is 4.79 Å². The Bertz CT molecular complexity index is 220. The molecule has 0 radical (unpaired) electrons. The minimum atomic E-state index is -0.713. The van der Waals surface area contributed by atoms with E-state index in [4.69, 9.17) is 0 Å². The molecule has 0 saturated carbocycles. The molecule has 1 aliphatic heterocycles. The Kier molecular flexibility index (Phi) is 2.68. The summed E-state index contributed by atoms with van der Waals surface area (Å²) >= 11 is 0. The van der Waals surface area contributed by atoms with Crippen LogP contribution in [0.5, 0.6) is 0 Å². The zero-order chi connectivity index (χ0) is 8.97. The van der Waals surface area contributed by atoms with Crippen LogP contribution in [-0.4, -0.2) is 31.9 Å². The standard InChI is InChI=1S/C7H8O5/c1-10-6(8)3-2-5-4-11-7(9)12-5/h2-3,5H,4H2,1H3/b3-2+/t5-/m0/s1. The summed E-state index contributed by atoms with van der Waals surface area (Å²) in [7, 11) is 1.27. The maximum atomic E-state index is 10.6. The Hall–Kier alpha value is -1.52. The molecular weight excluding hydrogens is 164 g/mol. The highest BCUT2D eigenvalue weighted by atomic mass is 16.8. The molecule has 1 saturated heterocycles. The van der Waals surface area contributed by atoms with Crippen molar-refractivity contribution in [1.29, 1.82) is 0 Å². The van der Waals surface area contributed by atoms with Crippen LogP contribution in [0.15, 0.2) is 12.2 Å². The summed E-state index contributed by atoms with van der Waals surface area (Å²) in [6, 6.07) is 0. The number of rotatable bonds is 2. The van der Waals surface area contributed by atoms with Crippen molar-refractivity contribution in [1.82, 2.24) is 0 Å². The first-order chi connectivity index (χ1) is 5.72. The lowest BCUT2D eigenvalue weighted by Gasteiger charge is -1.96. The minimum absolute atomic E-state index is 0.145. The Labute approximate surface area is 68.9 Å². The molecule has 66 valence electrons. The molecule has 1 fully saturated rings. The molecule has 1 heterocycles. The lowest BCUT2D eigenvalue weighted by Crippen LogP contribution is -2.06. The molecule has 12 heavy (non-hydrogen) atoms. The lowest BCUT2D eigenvalue weighted by molar-refractivity contribution is -0.134. The molecule has 0 bridgehead atoms. The molecule has 1 rings (SSSR count). The van der Waals surface area contributed by atoms with Crippen molar-refractivity contribution in [3.63, 3.8) is 0 Å². The number of ether oxygens (including phenoxy) is 3. The fourth-order valence-corrected chi connectivity index (χ4v) is 0.691. The lowest BCUT2D eigenvalue weighted by atomic mass is 10.3. The quantitative estimate of drug-likeness (QED) is 0.441. The van der Waals surface area contributed by atoms with Crippen LogP contribution in [0.3, 0.4) is 0 Å². The summed E-state index contributed by atoms with van der Waals surface area (Å²) in [6.45, 7) is 0.145. The zero-order valence-electron chi connectivity index (χ0n) is 6.48. The number of esters is 1. The SMILES string of the molecule is COC(=O)/C=C/[C@H]1COC(=O)O1. The van der Waals surface area contributed by atoms with Gasteiger partial charge in [0.2, 0.25) is 0 Å². The summed E-state index contributed by atoms with van der Waals surface area (Å²) < 4.78 is 13.4. The first-order valence-electron chi connectivity index (χ1n) is 3.32. The fourth-order valence-electron chi connectivity index (χ4n) is 0.691. The van der Waals surface area contributed by atoms with Gasteiger partial charge in [-0.05, 0) is 6.08 Å². The van der Waals surface area contributed by atoms with E-state index in [1.165, 1.54) is 19.3 Å². The Balaban J connectivity index is 2.36. The van der Waals surface area contributed by atoms with Crippen molar-refractivity contribution >= 4 is 12.1 Å². The molecule has 0 aromatic carbocycles. The van der Waals surface area contributed by atoms with E-state index in [1.807, 2.05) is 0 Å². The highest BCUT2D eigenvalue weighted by Gasteiger charge is 2.22. The van der Waals surface area contributed by atoms with Crippen molar-refractivity contribution in [3.05, 3.63) is 12.2 Å². The monoisotopic (exact) mass is 172 g/mol. The van der Waals surface area contributed by atoms with Gasteiger partial charge in [0.1, 0.15) is 6.61 Å². The van der Waals surface area contributed by atoms with Crippen LogP contribution in [0, 0.1) is 0 Å². The Morgan fingerprint density at radius 2 is 2.50 bits per heavy atom. The third-order valence-corrected chi connectivity index (χ3v) is 1.26. The van der Waals surface area contributed by atoms with E-state index in [2.05, 4.69) is 14.2 Å². The number of carbonyl (C=O) groups is 2. The van der Waals surface area contributed by atoms with E-state index in [-0.39, 0.29) is 6.61 Å². The summed E-state index contributed by atoms with van der Waals surface area (Å²) in [4.78, 5) is 20.9. The predicted octanol–water partition coefficient (Wildman–Crippen LogP) is 0.251.